The highest BCUT2D eigenvalue weighted by Crippen LogP contribution is 2.41. The van der Waals surface area contributed by atoms with E-state index in [1.807, 2.05) is 48.4 Å². The van der Waals surface area contributed by atoms with E-state index < -0.39 is 5.60 Å². The van der Waals surface area contributed by atoms with Crippen molar-refractivity contribution in [3.8, 4) is 0 Å². The van der Waals surface area contributed by atoms with E-state index in [-0.39, 0.29) is 5.78 Å². The van der Waals surface area contributed by atoms with Gasteiger partial charge in [0, 0.05) is 43.6 Å². The molecule has 7 nitrogen and oxygen atoms in total. The van der Waals surface area contributed by atoms with Gasteiger partial charge in [-0.3, -0.25) is 4.79 Å². The number of hydrogen-bond donors (Lipinski definition) is 0. The van der Waals surface area contributed by atoms with Crippen LogP contribution >= 0.6 is 0 Å². The van der Waals surface area contributed by atoms with Crippen molar-refractivity contribution in [3.05, 3.63) is 54.0 Å². The minimum atomic E-state index is -1.03. The molecule has 2 aliphatic heterocycles. The van der Waals surface area contributed by atoms with Gasteiger partial charge in [-0.1, -0.05) is 11.6 Å². The molecule has 0 spiro atoms. The Balaban J connectivity index is 1.68. The van der Waals surface area contributed by atoms with Gasteiger partial charge in [0.05, 0.1) is 5.69 Å². The van der Waals surface area contributed by atoms with Crippen LogP contribution < -0.4 is 4.90 Å². The SMILES string of the molecule is CO[C@@]12CCN(c3ccn4ncnc4c3)C1=Nc1ccc(C)cc1C2=O. The Kier molecular flexibility index (Phi) is 3.05. The third-order valence-electron chi connectivity index (χ3n) is 5.22. The van der Waals surface area contributed by atoms with Gasteiger partial charge in [0.15, 0.2) is 11.2 Å². The Morgan fingerprint density at radius 2 is 2.12 bits per heavy atom. The highest BCUT2D eigenvalue weighted by Gasteiger charge is 2.54. The molecule has 0 unspecified atom stereocenters. The van der Waals surface area contributed by atoms with Crippen molar-refractivity contribution in [2.75, 3.05) is 18.6 Å². The summed E-state index contributed by atoms with van der Waals surface area (Å²) in [6.45, 7) is 2.62. The van der Waals surface area contributed by atoms with E-state index in [2.05, 4.69) is 10.1 Å². The van der Waals surface area contributed by atoms with E-state index in [0.29, 0.717) is 30.1 Å². The lowest BCUT2D eigenvalue weighted by atomic mass is 9.86. The Morgan fingerprint density at radius 1 is 1.23 bits per heavy atom. The predicted molar refractivity (Wildman–Crippen MR) is 97.3 cm³/mol. The molecule has 1 atom stereocenters. The zero-order valence-corrected chi connectivity index (χ0v) is 14.5. The molecular weight excluding hydrogens is 330 g/mol. The topological polar surface area (TPSA) is 72.1 Å². The smallest absolute Gasteiger partial charge is 0.204 e. The molecule has 5 rings (SSSR count). The van der Waals surface area contributed by atoms with E-state index in [0.717, 1.165) is 16.9 Å². The molecule has 7 heteroatoms. The molecule has 1 fully saturated rings. The Labute approximate surface area is 149 Å². The summed E-state index contributed by atoms with van der Waals surface area (Å²) in [5.74, 6) is 0.625. The van der Waals surface area contributed by atoms with Gasteiger partial charge in [0.2, 0.25) is 5.78 Å². The summed E-state index contributed by atoms with van der Waals surface area (Å²) >= 11 is 0. The second-order valence-electron chi connectivity index (χ2n) is 6.67. The number of anilines is 1. The molecular formula is C19H17N5O2. The minimum Gasteiger partial charge on any atom is -0.362 e. The zero-order valence-electron chi connectivity index (χ0n) is 14.5. The molecule has 1 aromatic carbocycles. The first-order valence-electron chi connectivity index (χ1n) is 8.49. The van der Waals surface area contributed by atoms with E-state index in [4.69, 9.17) is 9.73 Å². The van der Waals surface area contributed by atoms with E-state index in [9.17, 15) is 4.79 Å². The molecule has 3 aromatic rings. The second kappa shape index (κ2) is 5.22. The van der Waals surface area contributed by atoms with E-state index in [1.54, 1.807) is 11.6 Å². The number of carbonyl (C=O) groups is 1. The standard InChI is InChI=1S/C19H17N5O2/c1-12-3-4-15-14(9-12)17(25)19(26-2)6-8-23(18(19)22-15)13-5-7-24-16(10-13)20-11-21-24/h3-5,7,9-11H,6,8H2,1-2H3/t19-/m1/s1. The summed E-state index contributed by atoms with van der Waals surface area (Å²) in [5.41, 5.74) is 3.00. The number of nitrogens with zero attached hydrogens (tertiary/aromatic N) is 5. The molecule has 0 N–H and O–H groups in total. The first-order chi connectivity index (χ1) is 12.6. The monoisotopic (exact) mass is 347 g/mol. The number of rotatable bonds is 2. The molecule has 0 aliphatic carbocycles. The van der Waals surface area contributed by atoms with Crippen molar-refractivity contribution >= 4 is 28.6 Å². The van der Waals surface area contributed by atoms with Crippen LogP contribution in [0.1, 0.15) is 22.3 Å². The van der Waals surface area contributed by atoms with Gasteiger partial charge < -0.3 is 9.64 Å². The molecule has 26 heavy (non-hydrogen) atoms. The summed E-state index contributed by atoms with van der Waals surface area (Å²) in [5, 5.41) is 4.13. The largest absolute Gasteiger partial charge is 0.362 e. The van der Waals surface area contributed by atoms with Crippen molar-refractivity contribution in [2.45, 2.75) is 18.9 Å². The third-order valence-corrected chi connectivity index (χ3v) is 5.22. The third kappa shape index (κ3) is 1.91. The predicted octanol–water partition coefficient (Wildman–Crippen LogP) is 2.56. The van der Waals surface area contributed by atoms with Crippen molar-refractivity contribution < 1.29 is 9.53 Å². The minimum absolute atomic E-state index is 0.0187. The average Bonchev–Trinajstić information content (AvgIpc) is 3.27. The molecule has 0 saturated carbocycles. The maximum atomic E-state index is 13.3. The summed E-state index contributed by atoms with van der Waals surface area (Å²) in [6.07, 6.45) is 3.93. The van der Waals surface area contributed by atoms with Gasteiger partial charge in [-0.2, -0.15) is 5.10 Å². The van der Waals surface area contributed by atoms with Crippen LogP contribution in [0.5, 0.6) is 0 Å². The van der Waals surface area contributed by atoms with Crippen LogP contribution in [0.25, 0.3) is 5.65 Å². The van der Waals surface area contributed by atoms with Crippen LogP contribution in [0.4, 0.5) is 11.4 Å². The van der Waals surface area contributed by atoms with E-state index in [1.165, 1.54) is 6.33 Å². The fraction of sp³-hybridized carbons (Fsp3) is 0.263. The number of carbonyl (C=O) groups excluding carboxylic acids is 1. The first-order valence-corrected chi connectivity index (χ1v) is 8.49. The van der Waals surface area contributed by atoms with Gasteiger partial charge in [-0.25, -0.2) is 14.5 Å². The van der Waals surface area contributed by atoms with Crippen molar-refractivity contribution in [3.63, 3.8) is 0 Å². The molecule has 1 saturated heterocycles. The number of ether oxygens (including phenoxy) is 1. The first kappa shape index (κ1) is 15.2. The lowest BCUT2D eigenvalue weighted by Crippen LogP contribution is -2.50. The Hall–Kier alpha value is -3.06. The number of fused-ring (bicyclic) bond motifs is 3. The lowest BCUT2D eigenvalue weighted by molar-refractivity contribution is 0.0388. The molecule has 0 radical (unpaired) electrons. The lowest BCUT2D eigenvalue weighted by Gasteiger charge is -2.32. The van der Waals surface area contributed by atoms with E-state index >= 15 is 0 Å². The quantitative estimate of drug-likeness (QED) is 0.712. The molecule has 0 bridgehead atoms. The molecule has 2 aromatic heterocycles. The number of aryl methyl sites for hydroxylation is 1. The number of benzene rings is 1. The fourth-order valence-electron chi connectivity index (χ4n) is 3.84. The highest BCUT2D eigenvalue weighted by molar-refractivity contribution is 6.28. The van der Waals surface area contributed by atoms with Crippen molar-refractivity contribution in [1.29, 1.82) is 0 Å². The van der Waals surface area contributed by atoms with Crippen LogP contribution in [0.2, 0.25) is 0 Å². The van der Waals surface area contributed by atoms with Gasteiger partial charge in [-0.05, 0) is 25.1 Å². The number of aliphatic imine (C=N–C) groups is 1. The Bertz CT molecular complexity index is 1090. The Morgan fingerprint density at radius 3 is 2.96 bits per heavy atom. The maximum Gasteiger partial charge on any atom is 0.204 e. The molecule has 0 amide bonds. The molecule has 2 aliphatic rings. The molecule has 4 heterocycles. The number of pyridine rings is 1. The van der Waals surface area contributed by atoms with Crippen LogP contribution in [-0.4, -0.2) is 45.5 Å². The van der Waals surface area contributed by atoms with Crippen molar-refractivity contribution in [1.82, 2.24) is 14.6 Å². The van der Waals surface area contributed by atoms with Crippen LogP contribution in [0.15, 0.2) is 47.8 Å². The number of methoxy groups -OCH3 is 1. The summed E-state index contributed by atoms with van der Waals surface area (Å²) in [4.78, 5) is 24.4. The van der Waals surface area contributed by atoms with Crippen LogP contribution in [-0.2, 0) is 4.74 Å². The normalized spacial score (nSPS) is 21.7. The number of aromatic nitrogens is 3. The summed E-state index contributed by atoms with van der Waals surface area (Å²) < 4.78 is 7.48. The summed E-state index contributed by atoms with van der Waals surface area (Å²) in [7, 11) is 1.58. The van der Waals surface area contributed by atoms with Crippen molar-refractivity contribution in [2.24, 2.45) is 4.99 Å². The van der Waals surface area contributed by atoms with Gasteiger partial charge in [0.25, 0.3) is 0 Å². The highest BCUT2D eigenvalue weighted by atomic mass is 16.5. The average molecular weight is 347 g/mol. The number of hydrogen-bond acceptors (Lipinski definition) is 6. The maximum absolute atomic E-state index is 13.3. The van der Waals surface area contributed by atoms with Crippen LogP contribution in [0.3, 0.4) is 0 Å². The van der Waals surface area contributed by atoms with Crippen LogP contribution in [0, 0.1) is 6.92 Å². The van der Waals surface area contributed by atoms with Gasteiger partial charge in [-0.15, -0.1) is 0 Å². The van der Waals surface area contributed by atoms with Gasteiger partial charge in [0.1, 0.15) is 12.2 Å². The number of amidine groups is 1. The molecule has 130 valence electrons. The number of Topliss-reactive ketones (excluding diaryl/α,β-unsaturated/α-hetero) is 1. The fourth-order valence-corrected chi connectivity index (χ4v) is 3.84. The summed E-state index contributed by atoms with van der Waals surface area (Å²) in [6, 6.07) is 9.65. The van der Waals surface area contributed by atoms with Gasteiger partial charge >= 0.3 is 0 Å². The second-order valence-corrected chi connectivity index (χ2v) is 6.67. The number of ketones is 1. The zero-order chi connectivity index (χ0) is 17.9.